The fourth-order valence-corrected chi connectivity index (χ4v) is 4.54. The molecule has 0 bridgehead atoms. The van der Waals surface area contributed by atoms with Crippen LogP contribution in [0.15, 0.2) is 52.3 Å². The first-order chi connectivity index (χ1) is 12.4. The number of hydrogen-bond donors (Lipinski definition) is 2. The molecule has 2 aliphatic rings. The molecule has 0 radical (unpaired) electrons. The summed E-state index contributed by atoms with van der Waals surface area (Å²) in [5.41, 5.74) is 4.77. The molecule has 0 unspecified atom stereocenters. The van der Waals surface area contributed by atoms with Crippen LogP contribution in [0, 0.1) is 5.92 Å². The molecule has 0 aromatic heterocycles. The summed E-state index contributed by atoms with van der Waals surface area (Å²) in [5, 5.41) is 0. The highest BCUT2D eigenvalue weighted by molar-refractivity contribution is 7.91. The number of carbonyl (C=O) groups excluding carboxylic acids is 3. The molecular weight excluding hydrogens is 356 g/mol. The van der Waals surface area contributed by atoms with Gasteiger partial charge in [-0.3, -0.25) is 25.2 Å². The zero-order valence-electron chi connectivity index (χ0n) is 13.5. The Morgan fingerprint density at radius 1 is 0.923 bits per heavy atom. The highest BCUT2D eigenvalue weighted by atomic mass is 32.2. The Morgan fingerprint density at radius 2 is 1.62 bits per heavy atom. The van der Waals surface area contributed by atoms with Gasteiger partial charge in [0.25, 0.3) is 5.91 Å². The lowest BCUT2D eigenvalue weighted by Crippen LogP contribution is -2.42. The van der Waals surface area contributed by atoms with Crippen molar-refractivity contribution < 1.29 is 22.8 Å². The number of sulfone groups is 1. The summed E-state index contributed by atoms with van der Waals surface area (Å²) in [5.74, 6) is -1.40. The number of benzene rings is 2. The standard InChI is InChI=1S/C18H14N2O5S/c21-16-12-3-1-2-4-14(12)26(24,25)15-9-11(7-8-13(15)16)18(23)20-19-17(22)10-5-6-10/h1-4,7-10H,5-6H2,(H,19,22)(H,20,23). The van der Waals surface area contributed by atoms with Gasteiger partial charge in [-0.25, -0.2) is 8.42 Å². The van der Waals surface area contributed by atoms with Gasteiger partial charge in [-0.1, -0.05) is 12.1 Å². The Kier molecular flexibility index (Phi) is 3.66. The second kappa shape index (κ2) is 5.77. The molecule has 2 aromatic rings. The lowest BCUT2D eigenvalue weighted by Gasteiger charge is -2.19. The van der Waals surface area contributed by atoms with Crippen molar-refractivity contribution in [1.29, 1.82) is 0 Å². The molecule has 8 heteroatoms. The molecule has 2 N–H and O–H groups in total. The lowest BCUT2D eigenvalue weighted by atomic mass is 10.0. The average Bonchev–Trinajstić information content (AvgIpc) is 3.49. The van der Waals surface area contributed by atoms with E-state index in [4.69, 9.17) is 0 Å². The number of amides is 2. The zero-order chi connectivity index (χ0) is 18.5. The van der Waals surface area contributed by atoms with Crippen LogP contribution in [0.4, 0.5) is 0 Å². The van der Waals surface area contributed by atoms with Crippen molar-refractivity contribution in [3.05, 3.63) is 59.2 Å². The van der Waals surface area contributed by atoms with E-state index >= 15 is 0 Å². The highest BCUT2D eigenvalue weighted by Crippen LogP contribution is 2.34. The summed E-state index contributed by atoms with van der Waals surface area (Å²) in [6, 6.07) is 9.82. The monoisotopic (exact) mass is 370 g/mol. The third-order valence-corrected chi connectivity index (χ3v) is 6.30. The lowest BCUT2D eigenvalue weighted by molar-refractivity contribution is -0.123. The summed E-state index contributed by atoms with van der Waals surface area (Å²) >= 11 is 0. The van der Waals surface area contributed by atoms with E-state index in [2.05, 4.69) is 10.9 Å². The fraction of sp³-hybridized carbons (Fsp3) is 0.167. The molecule has 0 spiro atoms. The molecule has 1 aliphatic heterocycles. The summed E-state index contributed by atoms with van der Waals surface area (Å²) in [6.07, 6.45) is 1.58. The predicted molar refractivity (Wildman–Crippen MR) is 90.1 cm³/mol. The van der Waals surface area contributed by atoms with Gasteiger partial charge in [0.05, 0.1) is 9.79 Å². The van der Waals surface area contributed by atoms with Gasteiger partial charge in [0.15, 0.2) is 5.78 Å². The summed E-state index contributed by atoms with van der Waals surface area (Å²) in [7, 11) is -3.91. The first kappa shape index (κ1) is 16.5. The molecule has 4 rings (SSSR count). The minimum atomic E-state index is -3.91. The first-order valence-electron chi connectivity index (χ1n) is 8.02. The van der Waals surface area contributed by atoms with E-state index < -0.39 is 21.5 Å². The van der Waals surface area contributed by atoms with Crippen molar-refractivity contribution in [1.82, 2.24) is 10.9 Å². The summed E-state index contributed by atoms with van der Waals surface area (Å²) < 4.78 is 25.7. The minimum Gasteiger partial charge on any atom is -0.289 e. The Labute approximate surface area is 149 Å². The van der Waals surface area contributed by atoms with Gasteiger partial charge in [0, 0.05) is 22.6 Å². The Hall–Kier alpha value is -3.00. The van der Waals surface area contributed by atoms with E-state index in [1.54, 1.807) is 12.1 Å². The van der Waals surface area contributed by atoms with Crippen LogP contribution in [0.1, 0.15) is 39.1 Å². The van der Waals surface area contributed by atoms with Crippen molar-refractivity contribution in [3.63, 3.8) is 0 Å². The number of nitrogens with one attached hydrogen (secondary N) is 2. The molecular formula is C18H14N2O5S. The first-order valence-corrected chi connectivity index (χ1v) is 9.51. The Bertz CT molecular complexity index is 1070. The van der Waals surface area contributed by atoms with Crippen LogP contribution in [0.2, 0.25) is 0 Å². The predicted octanol–water partition coefficient (Wildman–Crippen LogP) is 1.23. The normalized spacial score (nSPS) is 17.0. The van der Waals surface area contributed by atoms with Crippen LogP contribution in [0.3, 0.4) is 0 Å². The molecule has 2 aromatic carbocycles. The highest BCUT2D eigenvalue weighted by Gasteiger charge is 2.35. The zero-order valence-corrected chi connectivity index (χ0v) is 14.3. The number of hydrazine groups is 1. The fourth-order valence-electron chi connectivity index (χ4n) is 2.86. The number of carbonyl (C=O) groups is 3. The number of fused-ring (bicyclic) bond motifs is 2. The molecule has 26 heavy (non-hydrogen) atoms. The van der Waals surface area contributed by atoms with Crippen LogP contribution < -0.4 is 10.9 Å². The quantitative estimate of drug-likeness (QED) is 0.660. The van der Waals surface area contributed by atoms with Crippen LogP contribution in [-0.2, 0) is 14.6 Å². The number of ketones is 1. The second-order valence-electron chi connectivity index (χ2n) is 6.26. The molecule has 1 aliphatic carbocycles. The molecule has 2 amide bonds. The minimum absolute atomic E-state index is 0.0299. The van der Waals surface area contributed by atoms with Crippen LogP contribution in [0.25, 0.3) is 0 Å². The molecule has 7 nitrogen and oxygen atoms in total. The van der Waals surface area contributed by atoms with E-state index in [0.29, 0.717) is 0 Å². The van der Waals surface area contributed by atoms with Crippen molar-refractivity contribution in [2.24, 2.45) is 5.92 Å². The second-order valence-corrected chi connectivity index (χ2v) is 8.14. The van der Waals surface area contributed by atoms with E-state index in [-0.39, 0.29) is 38.3 Å². The van der Waals surface area contributed by atoms with E-state index in [9.17, 15) is 22.8 Å². The van der Waals surface area contributed by atoms with Gasteiger partial charge in [-0.15, -0.1) is 0 Å². The SMILES string of the molecule is O=C(NNC(=O)C1CC1)c1ccc2c(c1)S(=O)(=O)c1ccccc1C2=O. The molecule has 1 saturated carbocycles. The molecule has 1 fully saturated rings. The van der Waals surface area contributed by atoms with Crippen LogP contribution in [-0.4, -0.2) is 26.0 Å². The van der Waals surface area contributed by atoms with Crippen LogP contribution >= 0.6 is 0 Å². The Morgan fingerprint density at radius 3 is 2.35 bits per heavy atom. The number of hydrogen-bond acceptors (Lipinski definition) is 5. The maximum atomic E-state index is 12.8. The Balaban J connectivity index is 1.68. The van der Waals surface area contributed by atoms with Gasteiger partial charge in [0.2, 0.25) is 15.7 Å². The molecule has 0 atom stereocenters. The summed E-state index contributed by atoms with van der Waals surface area (Å²) in [6.45, 7) is 0. The van der Waals surface area contributed by atoms with Crippen molar-refractivity contribution in [2.45, 2.75) is 22.6 Å². The van der Waals surface area contributed by atoms with Gasteiger partial charge < -0.3 is 0 Å². The van der Waals surface area contributed by atoms with Crippen molar-refractivity contribution in [2.75, 3.05) is 0 Å². The van der Waals surface area contributed by atoms with Crippen molar-refractivity contribution in [3.8, 4) is 0 Å². The number of rotatable bonds is 2. The van der Waals surface area contributed by atoms with Gasteiger partial charge in [0.1, 0.15) is 0 Å². The van der Waals surface area contributed by atoms with Crippen molar-refractivity contribution >= 4 is 27.4 Å². The topological polar surface area (TPSA) is 109 Å². The van der Waals surface area contributed by atoms with Gasteiger partial charge in [-0.05, 0) is 43.2 Å². The maximum Gasteiger partial charge on any atom is 0.269 e. The third-order valence-electron chi connectivity index (χ3n) is 4.45. The summed E-state index contributed by atoms with van der Waals surface area (Å²) in [4.78, 5) is 36.1. The average molecular weight is 370 g/mol. The van der Waals surface area contributed by atoms with E-state index in [0.717, 1.165) is 18.9 Å². The molecule has 132 valence electrons. The van der Waals surface area contributed by atoms with E-state index in [1.807, 2.05) is 0 Å². The molecule has 0 saturated heterocycles. The van der Waals surface area contributed by atoms with Gasteiger partial charge in [-0.2, -0.15) is 0 Å². The van der Waals surface area contributed by atoms with Crippen LogP contribution in [0.5, 0.6) is 0 Å². The maximum absolute atomic E-state index is 12.8. The third kappa shape index (κ3) is 2.59. The largest absolute Gasteiger partial charge is 0.289 e. The van der Waals surface area contributed by atoms with Gasteiger partial charge >= 0.3 is 0 Å². The smallest absolute Gasteiger partial charge is 0.269 e. The molecule has 1 heterocycles. The van der Waals surface area contributed by atoms with E-state index in [1.165, 1.54) is 24.3 Å².